The monoisotopic (exact) mass is 225 g/mol. The van der Waals surface area contributed by atoms with Crippen LogP contribution in [-0.2, 0) is 9.59 Å². The van der Waals surface area contributed by atoms with Crippen LogP contribution >= 0.6 is 0 Å². The Morgan fingerprint density at radius 2 is 2.06 bits per heavy atom. The van der Waals surface area contributed by atoms with Gasteiger partial charge in [-0.2, -0.15) is 0 Å². The van der Waals surface area contributed by atoms with E-state index in [1.807, 2.05) is 19.1 Å². The highest BCUT2D eigenvalue weighted by Gasteiger charge is 2.22. The summed E-state index contributed by atoms with van der Waals surface area (Å²) in [6.07, 6.45) is 6.96. The molecule has 0 fully saturated rings. The molecular formula is C12H19NO3. The lowest BCUT2D eigenvalue weighted by atomic mass is 10.0. The van der Waals surface area contributed by atoms with E-state index in [-0.39, 0.29) is 18.4 Å². The van der Waals surface area contributed by atoms with E-state index >= 15 is 0 Å². The number of aliphatic carboxylic acids is 1. The van der Waals surface area contributed by atoms with Gasteiger partial charge in [0, 0.05) is 12.5 Å². The zero-order chi connectivity index (χ0) is 12.0. The van der Waals surface area contributed by atoms with Crippen molar-refractivity contribution < 1.29 is 14.7 Å². The van der Waals surface area contributed by atoms with Gasteiger partial charge in [-0.05, 0) is 19.3 Å². The Bertz CT molecular complexity index is 278. The van der Waals surface area contributed by atoms with Crippen LogP contribution in [0.3, 0.4) is 0 Å². The molecule has 1 aliphatic carbocycles. The number of hydrogen-bond donors (Lipinski definition) is 2. The topological polar surface area (TPSA) is 66.4 Å². The molecule has 0 aromatic rings. The predicted molar refractivity (Wildman–Crippen MR) is 60.9 cm³/mol. The Hall–Kier alpha value is -1.32. The normalized spacial score (nSPS) is 17.3. The van der Waals surface area contributed by atoms with Gasteiger partial charge in [-0.15, -0.1) is 0 Å². The highest BCUT2D eigenvalue weighted by Crippen LogP contribution is 2.17. The molecule has 0 heterocycles. The number of carboxylic acids is 1. The molecule has 0 spiro atoms. The van der Waals surface area contributed by atoms with Crippen molar-refractivity contribution in [1.29, 1.82) is 0 Å². The molecule has 4 heteroatoms. The lowest BCUT2D eigenvalue weighted by Gasteiger charge is -2.14. The average Bonchev–Trinajstić information content (AvgIpc) is 2.76. The molecule has 0 aliphatic heterocycles. The first-order valence-corrected chi connectivity index (χ1v) is 5.80. The van der Waals surface area contributed by atoms with Crippen LogP contribution in [0.1, 0.15) is 32.6 Å². The molecule has 1 unspecified atom stereocenters. The van der Waals surface area contributed by atoms with E-state index in [4.69, 9.17) is 5.11 Å². The maximum absolute atomic E-state index is 11.6. The largest absolute Gasteiger partial charge is 0.481 e. The fourth-order valence-corrected chi connectivity index (χ4v) is 1.86. The van der Waals surface area contributed by atoms with E-state index in [0.717, 1.165) is 19.3 Å². The summed E-state index contributed by atoms with van der Waals surface area (Å²) in [6, 6.07) is 0. The summed E-state index contributed by atoms with van der Waals surface area (Å²) in [7, 11) is 0. The van der Waals surface area contributed by atoms with E-state index in [1.54, 1.807) is 0 Å². The van der Waals surface area contributed by atoms with Crippen molar-refractivity contribution in [2.45, 2.75) is 32.6 Å². The van der Waals surface area contributed by atoms with Gasteiger partial charge in [0.05, 0.1) is 5.92 Å². The standard InChI is InChI=1S/C12H19NO3/c1-2-5-10(12(15)16)8-13-11(14)9-6-3-4-7-9/h3-4,9-10H,2,5-8H2,1H3,(H,13,14)(H,15,16). The highest BCUT2D eigenvalue weighted by atomic mass is 16.4. The van der Waals surface area contributed by atoms with Crippen LogP contribution in [-0.4, -0.2) is 23.5 Å². The summed E-state index contributed by atoms with van der Waals surface area (Å²) >= 11 is 0. The molecule has 4 nitrogen and oxygen atoms in total. The molecule has 0 saturated heterocycles. The smallest absolute Gasteiger partial charge is 0.308 e. The highest BCUT2D eigenvalue weighted by molar-refractivity contribution is 5.80. The van der Waals surface area contributed by atoms with Crippen molar-refractivity contribution in [3.63, 3.8) is 0 Å². The van der Waals surface area contributed by atoms with Gasteiger partial charge in [-0.3, -0.25) is 9.59 Å². The van der Waals surface area contributed by atoms with Crippen molar-refractivity contribution in [2.24, 2.45) is 11.8 Å². The first-order valence-electron chi connectivity index (χ1n) is 5.80. The number of carbonyl (C=O) groups is 2. The molecule has 1 atom stereocenters. The van der Waals surface area contributed by atoms with Crippen LogP contribution < -0.4 is 5.32 Å². The van der Waals surface area contributed by atoms with Gasteiger partial charge in [0.1, 0.15) is 0 Å². The number of amides is 1. The van der Waals surface area contributed by atoms with Crippen LogP contribution in [0.5, 0.6) is 0 Å². The maximum Gasteiger partial charge on any atom is 0.308 e. The van der Waals surface area contributed by atoms with Crippen molar-refractivity contribution in [2.75, 3.05) is 6.54 Å². The number of allylic oxidation sites excluding steroid dienone is 2. The third-order valence-electron chi connectivity index (χ3n) is 2.89. The van der Waals surface area contributed by atoms with Crippen molar-refractivity contribution in [3.8, 4) is 0 Å². The third kappa shape index (κ3) is 3.68. The second-order valence-corrected chi connectivity index (χ2v) is 4.21. The Labute approximate surface area is 95.7 Å². The first kappa shape index (κ1) is 12.7. The van der Waals surface area contributed by atoms with Gasteiger partial charge in [-0.1, -0.05) is 25.5 Å². The minimum absolute atomic E-state index is 0.0103. The number of rotatable bonds is 6. The number of nitrogens with one attached hydrogen (secondary N) is 1. The van der Waals surface area contributed by atoms with Gasteiger partial charge in [0.15, 0.2) is 0 Å². The van der Waals surface area contributed by atoms with Gasteiger partial charge < -0.3 is 10.4 Å². The van der Waals surface area contributed by atoms with Crippen molar-refractivity contribution in [3.05, 3.63) is 12.2 Å². The van der Waals surface area contributed by atoms with Crippen molar-refractivity contribution in [1.82, 2.24) is 5.32 Å². The second kappa shape index (κ2) is 6.30. The van der Waals surface area contributed by atoms with Crippen LogP contribution in [0.15, 0.2) is 12.2 Å². The maximum atomic E-state index is 11.6. The van der Waals surface area contributed by atoms with E-state index in [2.05, 4.69) is 5.32 Å². The summed E-state index contributed by atoms with van der Waals surface area (Å²) in [6.45, 7) is 2.19. The molecule has 0 saturated carbocycles. The predicted octanol–water partition coefficient (Wildman–Crippen LogP) is 1.57. The minimum Gasteiger partial charge on any atom is -0.481 e. The SMILES string of the molecule is CCCC(CNC(=O)C1CC=CC1)C(=O)O. The first-order chi connectivity index (χ1) is 7.65. The number of carbonyl (C=O) groups excluding carboxylic acids is 1. The quantitative estimate of drug-likeness (QED) is 0.674. The molecule has 0 bridgehead atoms. The van der Waals surface area contributed by atoms with Gasteiger partial charge in [0.25, 0.3) is 0 Å². The molecule has 90 valence electrons. The van der Waals surface area contributed by atoms with Crippen molar-refractivity contribution >= 4 is 11.9 Å². The van der Waals surface area contributed by atoms with Gasteiger partial charge in [-0.25, -0.2) is 0 Å². The minimum atomic E-state index is -0.827. The third-order valence-corrected chi connectivity index (χ3v) is 2.89. The van der Waals surface area contributed by atoms with Gasteiger partial charge in [0.2, 0.25) is 5.91 Å². The molecule has 0 aromatic carbocycles. The molecule has 16 heavy (non-hydrogen) atoms. The van der Waals surface area contributed by atoms with Crippen LogP contribution in [0.4, 0.5) is 0 Å². The average molecular weight is 225 g/mol. The van der Waals surface area contributed by atoms with E-state index < -0.39 is 11.9 Å². The lowest BCUT2D eigenvalue weighted by Crippen LogP contribution is -2.36. The zero-order valence-electron chi connectivity index (χ0n) is 9.61. The molecule has 0 radical (unpaired) electrons. The fourth-order valence-electron chi connectivity index (χ4n) is 1.86. The van der Waals surface area contributed by atoms with Crippen LogP contribution in [0, 0.1) is 11.8 Å². The molecule has 1 amide bonds. The Morgan fingerprint density at radius 1 is 1.44 bits per heavy atom. The van der Waals surface area contributed by atoms with E-state index in [1.165, 1.54) is 0 Å². The fraction of sp³-hybridized carbons (Fsp3) is 0.667. The summed E-state index contributed by atoms with van der Waals surface area (Å²) in [4.78, 5) is 22.5. The summed E-state index contributed by atoms with van der Waals surface area (Å²) in [5, 5.41) is 11.7. The summed E-state index contributed by atoms with van der Waals surface area (Å²) < 4.78 is 0. The Morgan fingerprint density at radius 3 is 2.56 bits per heavy atom. The molecule has 1 rings (SSSR count). The summed E-state index contributed by atoms with van der Waals surface area (Å²) in [5.74, 6) is -1.29. The number of carboxylic acid groups (broad SMARTS) is 1. The van der Waals surface area contributed by atoms with Crippen LogP contribution in [0.2, 0.25) is 0 Å². The Balaban J connectivity index is 2.30. The molecule has 1 aliphatic rings. The number of hydrogen-bond acceptors (Lipinski definition) is 2. The van der Waals surface area contributed by atoms with Gasteiger partial charge >= 0.3 is 5.97 Å². The van der Waals surface area contributed by atoms with E-state index in [9.17, 15) is 9.59 Å². The second-order valence-electron chi connectivity index (χ2n) is 4.21. The van der Waals surface area contributed by atoms with Crippen LogP contribution in [0.25, 0.3) is 0 Å². The van der Waals surface area contributed by atoms with E-state index in [0.29, 0.717) is 6.42 Å². The molecular weight excluding hydrogens is 206 g/mol. The molecule has 2 N–H and O–H groups in total. The lowest BCUT2D eigenvalue weighted by molar-refractivity contribution is -0.142. The molecule has 0 aromatic heterocycles. The zero-order valence-corrected chi connectivity index (χ0v) is 9.61. The summed E-state index contributed by atoms with van der Waals surface area (Å²) in [5.41, 5.74) is 0. The Kier molecular flexibility index (Phi) is 5.02.